The third-order valence-corrected chi connectivity index (χ3v) is 6.67. The number of hydrogen-bond acceptors (Lipinski definition) is 6. The maximum absolute atomic E-state index is 13.2. The molecule has 7 heteroatoms. The molecule has 2 aliphatic heterocycles. The van der Waals surface area contributed by atoms with E-state index < -0.39 is 17.7 Å². The number of amides is 1. The van der Waals surface area contributed by atoms with Crippen molar-refractivity contribution in [3.05, 3.63) is 70.3 Å². The monoisotopic (exact) mass is 464 g/mol. The molecule has 2 aromatic rings. The fourth-order valence-electron chi connectivity index (χ4n) is 4.65. The van der Waals surface area contributed by atoms with Crippen molar-refractivity contribution < 1.29 is 24.2 Å². The fraction of sp³-hybridized carbons (Fsp3) is 0.407. The lowest BCUT2D eigenvalue weighted by Gasteiger charge is -2.31. The molecule has 0 spiro atoms. The summed E-state index contributed by atoms with van der Waals surface area (Å²) < 4.78 is 10.7. The van der Waals surface area contributed by atoms with Crippen molar-refractivity contribution in [2.75, 3.05) is 46.5 Å². The first-order valence-corrected chi connectivity index (χ1v) is 11.8. The van der Waals surface area contributed by atoms with Crippen LogP contribution in [0.2, 0.25) is 0 Å². The van der Waals surface area contributed by atoms with Crippen LogP contribution in [0.3, 0.4) is 0 Å². The second-order valence-electron chi connectivity index (χ2n) is 8.73. The molecule has 2 aromatic carbocycles. The number of hydrogen-bond donors (Lipinski definition) is 1. The third-order valence-electron chi connectivity index (χ3n) is 6.67. The molecule has 180 valence electrons. The average Bonchev–Trinajstić information content (AvgIpc) is 3.12. The summed E-state index contributed by atoms with van der Waals surface area (Å²) >= 11 is 0. The van der Waals surface area contributed by atoms with Gasteiger partial charge in [0.2, 0.25) is 0 Å². The van der Waals surface area contributed by atoms with Crippen LogP contribution in [0.4, 0.5) is 0 Å². The first kappa shape index (κ1) is 24.0. The zero-order valence-electron chi connectivity index (χ0n) is 20.0. The highest BCUT2D eigenvalue weighted by molar-refractivity contribution is 6.46. The number of nitrogens with zero attached hydrogens (tertiary/aromatic N) is 2. The van der Waals surface area contributed by atoms with E-state index in [0.29, 0.717) is 37.6 Å². The van der Waals surface area contributed by atoms with E-state index in [1.54, 1.807) is 30.2 Å². The smallest absolute Gasteiger partial charge is 0.295 e. The number of carbonyl (C=O) groups excluding carboxylic acids is 2. The van der Waals surface area contributed by atoms with Crippen molar-refractivity contribution in [2.24, 2.45) is 0 Å². The molecule has 1 amide bonds. The number of likely N-dealkylation sites (tertiary alicyclic amines) is 1. The van der Waals surface area contributed by atoms with E-state index in [2.05, 4.69) is 11.8 Å². The van der Waals surface area contributed by atoms with E-state index >= 15 is 0 Å². The molecule has 2 fully saturated rings. The van der Waals surface area contributed by atoms with Crippen LogP contribution in [0.25, 0.3) is 5.76 Å². The minimum atomic E-state index is -0.655. The molecule has 2 saturated heterocycles. The normalized spacial score (nSPS) is 20.7. The molecule has 2 aliphatic rings. The molecule has 0 saturated carbocycles. The Morgan fingerprint density at radius 1 is 1.09 bits per heavy atom. The highest BCUT2D eigenvalue weighted by Crippen LogP contribution is 2.39. The molecule has 0 aromatic heterocycles. The highest BCUT2D eigenvalue weighted by Gasteiger charge is 2.46. The summed E-state index contributed by atoms with van der Waals surface area (Å²) in [5, 5.41) is 11.3. The number of methoxy groups -OCH3 is 1. The Hall–Kier alpha value is -3.16. The molecule has 0 unspecified atom stereocenters. The summed E-state index contributed by atoms with van der Waals surface area (Å²) in [5.74, 6) is -0.709. The Morgan fingerprint density at radius 3 is 2.41 bits per heavy atom. The second kappa shape index (κ2) is 10.4. The van der Waals surface area contributed by atoms with Crippen LogP contribution in [-0.4, -0.2) is 73.1 Å². The van der Waals surface area contributed by atoms with Gasteiger partial charge in [-0.2, -0.15) is 0 Å². The van der Waals surface area contributed by atoms with Crippen LogP contribution in [0.1, 0.15) is 35.2 Å². The van der Waals surface area contributed by atoms with Gasteiger partial charge in [-0.15, -0.1) is 0 Å². The van der Waals surface area contributed by atoms with Crippen LogP contribution in [0, 0.1) is 6.92 Å². The lowest BCUT2D eigenvalue weighted by atomic mass is 9.94. The molecule has 7 nitrogen and oxygen atoms in total. The zero-order valence-corrected chi connectivity index (χ0v) is 20.0. The minimum absolute atomic E-state index is 0.126. The summed E-state index contributed by atoms with van der Waals surface area (Å²) in [5.41, 5.74) is 3.42. The number of morpholine rings is 1. The fourth-order valence-corrected chi connectivity index (χ4v) is 4.65. The molecule has 0 bridgehead atoms. The van der Waals surface area contributed by atoms with Gasteiger partial charge in [0.15, 0.2) is 0 Å². The van der Waals surface area contributed by atoms with Crippen LogP contribution >= 0.6 is 0 Å². The Bertz CT molecular complexity index is 1090. The first-order chi connectivity index (χ1) is 16.4. The van der Waals surface area contributed by atoms with Gasteiger partial charge in [0.1, 0.15) is 11.5 Å². The number of aryl methyl sites for hydroxylation is 2. The molecule has 4 rings (SSSR count). The van der Waals surface area contributed by atoms with Crippen molar-refractivity contribution in [1.29, 1.82) is 0 Å². The number of aliphatic hydroxyl groups excluding tert-OH is 1. The maximum Gasteiger partial charge on any atom is 0.295 e. The van der Waals surface area contributed by atoms with Crippen LogP contribution in [-0.2, 0) is 20.7 Å². The number of ketones is 1. The molecular weight excluding hydrogens is 432 g/mol. The Kier molecular flexibility index (Phi) is 7.34. The van der Waals surface area contributed by atoms with Gasteiger partial charge in [-0.25, -0.2) is 0 Å². The van der Waals surface area contributed by atoms with Gasteiger partial charge in [-0.05, 0) is 48.2 Å². The van der Waals surface area contributed by atoms with Crippen molar-refractivity contribution in [1.82, 2.24) is 9.80 Å². The third kappa shape index (κ3) is 4.72. The van der Waals surface area contributed by atoms with Crippen LogP contribution < -0.4 is 4.74 Å². The molecule has 0 aliphatic carbocycles. The van der Waals surface area contributed by atoms with E-state index in [1.165, 1.54) is 5.56 Å². The largest absolute Gasteiger partial charge is 0.507 e. The molecule has 1 N–H and O–H groups in total. The van der Waals surface area contributed by atoms with Crippen molar-refractivity contribution in [3.8, 4) is 5.75 Å². The number of benzene rings is 2. The molecule has 2 heterocycles. The van der Waals surface area contributed by atoms with Gasteiger partial charge < -0.3 is 19.5 Å². The number of carbonyl (C=O) groups is 2. The Balaban J connectivity index is 1.74. The molecule has 34 heavy (non-hydrogen) atoms. The summed E-state index contributed by atoms with van der Waals surface area (Å²) in [4.78, 5) is 30.2. The Morgan fingerprint density at radius 2 is 1.79 bits per heavy atom. The number of aliphatic hydroxyl groups is 1. The van der Waals surface area contributed by atoms with Gasteiger partial charge >= 0.3 is 0 Å². The van der Waals surface area contributed by atoms with Crippen molar-refractivity contribution >= 4 is 17.4 Å². The lowest BCUT2D eigenvalue weighted by Crippen LogP contribution is -2.42. The SMILES string of the molecule is CCc1ccc([C@@H]2C(=C(O)c3ccc(OC)c(C)c3)C(=O)C(=O)N2CCN2CCOCC2)cc1. The van der Waals surface area contributed by atoms with Gasteiger partial charge in [0, 0.05) is 31.7 Å². The van der Waals surface area contributed by atoms with E-state index in [0.717, 1.165) is 30.6 Å². The van der Waals surface area contributed by atoms with Crippen LogP contribution in [0.5, 0.6) is 5.75 Å². The molecule has 1 atom stereocenters. The number of rotatable bonds is 7. The summed E-state index contributed by atoms with van der Waals surface area (Å²) in [6, 6.07) is 12.5. The summed E-state index contributed by atoms with van der Waals surface area (Å²) in [7, 11) is 1.59. The minimum Gasteiger partial charge on any atom is -0.507 e. The van der Waals surface area contributed by atoms with E-state index in [-0.39, 0.29) is 11.3 Å². The Labute approximate surface area is 200 Å². The maximum atomic E-state index is 13.2. The molecule has 0 radical (unpaired) electrons. The lowest BCUT2D eigenvalue weighted by molar-refractivity contribution is -0.140. The van der Waals surface area contributed by atoms with Crippen LogP contribution in [0.15, 0.2) is 48.0 Å². The zero-order chi connectivity index (χ0) is 24.2. The van der Waals surface area contributed by atoms with E-state index in [9.17, 15) is 14.7 Å². The topological polar surface area (TPSA) is 79.3 Å². The standard InChI is InChI=1S/C27H32N2O5/c1-4-19-5-7-20(8-6-19)24-23(25(30)21-9-10-22(33-3)18(2)17-21)26(31)27(32)29(24)12-11-28-13-15-34-16-14-28/h5-10,17,24,30H,4,11-16H2,1-3H3/t24-/m1/s1. The van der Waals surface area contributed by atoms with Crippen molar-refractivity contribution in [3.63, 3.8) is 0 Å². The van der Waals surface area contributed by atoms with Gasteiger partial charge in [0.25, 0.3) is 11.7 Å². The highest BCUT2D eigenvalue weighted by atomic mass is 16.5. The second-order valence-corrected chi connectivity index (χ2v) is 8.73. The van der Waals surface area contributed by atoms with Crippen molar-refractivity contribution in [2.45, 2.75) is 26.3 Å². The van der Waals surface area contributed by atoms with Gasteiger partial charge in [-0.3, -0.25) is 14.5 Å². The average molecular weight is 465 g/mol. The molecular formula is C27H32N2O5. The summed E-state index contributed by atoms with van der Waals surface area (Å²) in [6.07, 6.45) is 0.891. The van der Waals surface area contributed by atoms with Gasteiger partial charge in [0.05, 0.1) is 31.9 Å². The van der Waals surface area contributed by atoms with Gasteiger partial charge in [-0.1, -0.05) is 31.2 Å². The van der Waals surface area contributed by atoms with E-state index in [1.807, 2.05) is 31.2 Å². The van der Waals surface area contributed by atoms with E-state index in [4.69, 9.17) is 9.47 Å². The number of Topliss-reactive ketones (excluding diaryl/α,β-unsaturated/α-hetero) is 1. The quantitative estimate of drug-likeness (QED) is 0.385. The predicted octanol–water partition coefficient (Wildman–Crippen LogP) is 3.32. The number of ether oxygens (including phenoxy) is 2. The predicted molar refractivity (Wildman–Crippen MR) is 130 cm³/mol. The first-order valence-electron chi connectivity index (χ1n) is 11.8. The summed E-state index contributed by atoms with van der Waals surface area (Å²) in [6.45, 7) is 7.91.